The van der Waals surface area contributed by atoms with Crippen LogP contribution in [0.4, 0.5) is 0 Å². The molecule has 3 heteroatoms. The van der Waals surface area contributed by atoms with Gasteiger partial charge in [0.15, 0.2) is 0 Å². The minimum atomic E-state index is 0.179. The van der Waals surface area contributed by atoms with Gasteiger partial charge in [0.2, 0.25) is 5.91 Å². The van der Waals surface area contributed by atoms with Gasteiger partial charge in [0.25, 0.3) is 0 Å². The number of rotatable bonds is 4. The number of carbonyl (C=O) groups is 1. The van der Waals surface area contributed by atoms with E-state index in [-0.39, 0.29) is 5.91 Å². The van der Waals surface area contributed by atoms with Gasteiger partial charge >= 0.3 is 0 Å². The second kappa shape index (κ2) is 6.78. The average molecular weight is 320 g/mol. The third kappa shape index (κ3) is 3.36. The zero-order valence-corrected chi connectivity index (χ0v) is 14.0. The fraction of sp³-hybridized carbons (Fsp3) is 0.381. The molecule has 1 aliphatic carbocycles. The molecule has 4 rings (SSSR count). The Morgan fingerprint density at radius 2 is 1.88 bits per heavy atom. The van der Waals surface area contributed by atoms with E-state index in [2.05, 4.69) is 53.1 Å². The smallest absolute Gasteiger partial charge is 0.220 e. The molecule has 3 nitrogen and oxygen atoms in total. The number of amides is 1. The number of aryl methyl sites for hydroxylation is 1. The molecular formula is C21H24N2O. The first-order valence-corrected chi connectivity index (χ1v) is 8.93. The van der Waals surface area contributed by atoms with Crippen molar-refractivity contribution in [1.29, 1.82) is 0 Å². The Morgan fingerprint density at radius 3 is 2.79 bits per heavy atom. The number of fused-ring (bicyclic) bond motifs is 2. The second-order valence-corrected chi connectivity index (χ2v) is 7.07. The summed E-state index contributed by atoms with van der Waals surface area (Å²) in [5, 5.41) is 6.46. The number of carbonyl (C=O) groups excluding carboxylic acids is 1. The maximum atomic E-state index is 12.3. The molecule has 1 unspecified atom stereocenters. The van der Waals surface area contributed by atoms with E-state index in [1.807, 2.05) is 0 Å². The van der Waals surface area contributed by atoms with Crippen molar-refractivity contribution in [3.05, 3.63) is 70.3 Å². The first-order chi connectivity index (χ1) is 11.8. The van der Waals surface area contributed by atoms with E-state index in [1.54, 1.807) is 0 Å². The van der Waals surface area contributed by atoms with Crippen LogP contribution in [-0.2, 0) is 37.3 Å². The highest BCUT2D eigenvalue weighted by Gasteiger charge is 2.20. The largest absolute Gasteiger partial charge is 0.352 e. The summed E-state index contributed by atoms with van der Waals surface area (Å²) in [6.07, 6.45) is 3.90. The Balaban J connectivity index is 1.30. The van der Waals surface area contributed by atoms with Gasteiger partial charge in [0.05, 0.1) is 0 Å². The van der Waals surface area contributed by atoms with Gasteiger partial charge in [0.1, 0.15) is 0 Å². The molecule has 2 aliphatic rings. The molecular weight excluding hydrogens is 296 g/mol. The molecule has 0 saturated carbocycles. The maximum Gasteiger partial charge on any atom is 0.220 e. The summed E-state index contributed by atoms with van der Waals surface area (Å²) >= 11 is 0. The van der Waals surface area contributed by atoms with Crippen molar-refractivity contribution in [3.63, 3.8) is 0 Å². The molecule has 1 aliphatic heterocycles. The zero-order valence-electron chi connectivity index (χ0n) is 14.0. The minimum absolute atomic E-state index is 0.179. The minimum Gasteiger partial charge on any atom is -0.352 e. The van der Waals surface area contributed by atoms with E-state index < -0.39 is 0 Å². The predicted molar refractivity (Wildman–Crippen MR) is 95.4 cm³/mol. The summed E-state index contributed by atoms with van der Waals surface area (Å²) in [5.74, 6) is 0.655. The second-order valence-electron chi connectivity index (χ2n) is 7.07. The number of benzene rings is 2. The average Bonchev–Trinajstić information content (AvgIpc) is 3.07. The Morgan fingerprint density at radius 1 is 1.04 bits per heavy atom. The van der Waals surface area contributed by atoms with Crippen molar-refractivity contribution in [3.8, 4) is 0 Å². The molecule has 0 radical (unpaired) electrons. The van der Waals surface area contributed by atoms with Gasteiger partial charge in [0, 0.05) is 26.1 Å². The standard InChI is InChI=1S/C21H24N2O/c24-21(11-15-5-7-17-3-1-2-4-18(17)9-15)23-12-16-6-8-19-13-22-14-20(19)10-16/h1-4,6,8,10,15,22H,5,7,9,11-14H2,(H,23,24). The van der Waals surface area contributed by atoms with Gasteiger partial charge in [-0.1, -0.05) is 42.5 Å². The SMILES string of the molecule is O=C(CC1CCc2ccccc2C1)NCc1ccc2c(c1)CNC2. The topological polar surface area (TPSA) is 41.1 Å². The van der Waals surface area contributed by atoms with Crippen LogP contribution in [0.25, 0.3) is 0 Å². The van der Waals surface area contributed by atoms with E-state index >= 15 is 0 Å². The molecule has 0 spiro atoms. The van der Waals surface area contributed by atoms with Crippen LogP contribution in [-0.4, -0.2) is 5.91 Å². The predicted octanol–water partition coefficient (Wildman–Crippen LogP) is 3.10. The zero-order chi connectivity index (χ0) is 16.4. The van der Waals surface area contributed by atoms with Crippen molar-refractivity contribution in [2.75, 3.05) is 0 Å². The lowest BCUT2D eigenvalue weighted by Crippen LogP contribution is -2.27. The fourth-order valence-corrected chi connectivity index (χ4v) is 3.94. The summed E-state index contributed by atoms with van der Waals surface area (Å²) in [5.41, 5.74) is 6.82. The summed E-state index contributed by atoms with van der Waals surface area (Å²) in [4.78, 5) is 12.3. The highest BCUT2D eigenvalue weighted by molar-refractivity contribution is 5.76. The van der Waals surface area contributed by atoms with E-state index in [0.717, 1.165) is 32.4 Å². The number of hydrogen-bond donors (Lipinski definition) is 2. The van der Waals surface area contributed by atoms with Crippen LogP contribution in [0.2, 0.25) is 0 Å². The highest BCUT2D eigenvalue weighted by atomic mass is 16.1. The summed E-state index contributed by atoms with van der Waals surface area (Å²) in [6, 6.07) is 15.2. The lowest BCUT2D eigenvalue weighted by atomic mass is 9.82. The van der Waals surface area contributed by atoms with Gasteiger partial charge in [-0.2, -0.15) is 0 Å². The van der Waals surface area contributed by atoms with Gasteiger partial charge in [-0.15, -0.1) is 0 Å². The van der Waals surface area contributed by atoms with Crippen LogP contribution >= 0.6 is 0 Å². The summed E-state index contributed by atoms with van der Waals surface area (Å²) in [6.45, 7) is 2.54. The van der Waals surface area contributed by atoms with E-state index in [9.17, 15) is 4.79 Å². The van der Waals surface area contributed by atoms with Gasteiger partial charge in [-0.25, -0.2) is 0 Å². The molecule has 2 N–H and O–H groups in total. The molecule has 0 fully saturated rings. The third-order valence-corrected chi connectivity index (χ3v) is 5.31. The molecule has 0 bridgehead atoms. The van der Waals surface area contributed by atoms with Crippen molar-refractivity contribution in [1.82, 2.24) is 10.6 Å². The lowest BCUT2D eigenvalue weighted by molar-refractivity contribution is -0.122. The summed E-state index contributed by atoms with van der Waals surface area (Å²) < 4.78 is 0. The Kier molecular flexibility index (Phi) is 4.35. The van der Waals surface area contributed by atoms with Crippen molar-refractivity contribution < 1.29 is 4.79 Å². The lowest BCUT2D eigenvalue weighted by Gasteiger charge is -2.24. The van der Waals surface area contributed by atoms with Gasteiger partial charge in [-0.05, 0) is 53.0 Å². The van der Waals surface area contributed by atoms with Crippen LogP contribution < -0.4 is 10.6 Å². The van der Waals surface area contributed by atoms with Crippen LogP contribution in [0, 0.1) is 5.92 Å². The molecule has 1 amide bonds. The third-order valence-electron chi connectivity index (χ3n) is 5.31. The van der Waals surface area contributed by atoms with E-state index in [4.69, 9.17) is 0 Å². The highest BCUT2D eigenvalue weighted by Crippen LogP contribution is 2.27. The van der Waals surface area contributed by atoms with Crippen LogP contribution in [0.15, 0.2) is 42.5 Å². The Labute approximate surface area is 143 Å². The fourth-order valence-electron chi connectivity index (χ4n) is 3.94. The quantitative estimate of drug-likeness (QED) is 0.909. The monoisotopic (exact) mass is 320 g/mol. The van der Waals surface area contributed by atoms with Crippen molar-refractivity contribution >= 4 is 5.91 Å². The van der Waals surface area contributed by atoms with E-state index in [0.29, 0.717) is 18.9 Å². The van der Waals surface area contributed by atoms with Crippen LogP contribution in [0.3, 0.4) is 0 Å². The first-order valence-electron chi connectivity index (χ1n) is 8.93. The molecule has 2 aromatic rings. The van der Waals surface area contributed by atoms with Crippen molar-refractivity contribution in [2.24, 2.45) is 5.92 Å². The van der Waals surface area contributed by atoms with E-state index in [1.165, 1.54) is 27.8 Å². The number of nitrogens with one attached hydrogen (secondary N) is 2. The van der Waals surface area contributed by atoms with Gasteiger partial charge in [-0.3, -0.25) is 4.79 Å². The maximum absolute atomic E-state index is 12.3. The Bertz CT molecular complexity index is 753. The molecule has 0 aromatic heterocycles. The molecule has 24 heavy (non-hydrogen) atoms. The first kappa shape index (κ1) is 15.4. The van der Waals surface area contributed by atoms with Crippen LogP contribution in [0.1, 0.15) is 40.7 Å². The number of hydrogen-bond acceptors (Lipinski definition) is 2. The molecule has 0 saturated heterocycles. The molecule has 1 atom stereocenters. The normalized spacial score (nSPS) is 18.8. The van der Waals surface area contributed by atoms with Crippen molar-refractivity contribution in [2.45, 2.75) is 45.3 Å². The Hall–Kier alpha value is -2.13. The molecule has 124 valence electrons. The summed E-state index contributed by atoms with van der Waals surface area (Å²) in [7, 11) is 0. The molecule has 1 heterocycles. The van der Waals surface area contributed by atoms with Gasteiger partial charge < -0.3 is 10.6 Å². The van der Waals surface area contributed by atoms with Crippen LogP contribution in [0.5, 0.6) is 0 Å². The molecule has 2 aromatic carbocycles.